The molecule has 1 amide bonds. The Morgan fingerprint density at radius 3 is 2.48 bits per heavy atom. The molecule has 1 aliphatic rings. The van der Waals surface area contributed by atoms with Crippen molar-refractivity contribution in [1.82, 2.24) is 14.9 Å². The fraction of sp³-hybridized carbons (Fsp3) is 0.643. The molecule has 1 aromatic heterocycles. The molecule has 0 radical (unpaired) electrons. The lowest BCUT2D eigenvalue weighted by atomic mass is 9.94. The van der Waals surface area contributed by atoms with E-state index >= 15 is 0 Å². The highest BCUT2D eigenvalue weighted by atomic mass is 32.2. The van der Waals surface area contributed by atoms with Gasteiger partial charge in [-0.05, 0) is 19.8 Å². The zero-order valence-corrected chi connectivity index (χ0v) is 13.2. The first-order valence-electron chi connectivity index (χ1n) is 7.42. The summed E-state index contributed by atoms with van der Waals surface area (Å²) in [5.41, 5.74) is 11.3. The van der Waals surface area contributed by atoms with Crippen molar-refractivity contribution in [3.05, 3.63) is 6.07 Å². The van der Waals surface area contributed by atoms with Crippen molar-refractivity contribution in [1.29, 1.82) is 0 Å². The number of nitrogen functional groups attached to an aromatic ring is 2. The number of rotatable bonds is 5. The molecule has 2 rings (SSSR count). The van der Waals surface area contributed by atoms with Gasteiger partial charge in [0, 0.05) is 18.7 Å². The monoisotopic (exact) mass is 309 g/mol. The van der Waals surface area contributed by atoms with Crippen LogP contribution in [-0.2, 0) is 4.79 Å². The third kappa shape index (κ3) is 4.49. The van der Waals surface area contributed by atoms with E-state index in [0.717, 1.165) is 19.4 Å². The maximum absolute atomic E-state index is 12.4. The van der Waals surface area contributed by atoms with Crippen LogP contribution in [0.1, 0.15) is 39.0 Å². The summed E-state index contributed by atoms with van der Waals surface area (Å²) in [6, 6.07) is 1.90. The van der Waals surface area contributed by atoms with Crippen LogP contribution in [0.4, 0.5) is 11.6 Å². The quantitative estimate of drug-likeness (QED) is 0.637. The van der Waals surface area contributed by atoms with Crippen LogP contribution in [0.5, 0.6) is 0 Å². The summed E-state index contributed by atoms with van der Waals surface area (Å²) in [7, 11) is 0. The number of aromatic nitrogens is 2. The van der Waals surface area contributed by atoms with Crippen LogP contribution >= 0.6 is 11.8 Å². The Kier molecular flexibility index (Phi) is 5.67. The highest BCUT2D eigenvalue weighted by Crippen LogP contribution is 2.24. The van der Waals surface area contributed by atoms with Gasteiger partial charge in [0.15, 0.2) is 5.16 Å². The van der Waals surface area contributed by atoms with E-state index in [1.165, 1.54) is 37.1 Å². The maximum atomic E-state index is 12.4. The summed E-state index contributed by atoms with van der Waals surface area (Å²) < 4.78 is 0. The summed E-state index contributed by atoms with van der Waals surface area (Å²) in [6.07, 6.45) is 5.96. The van der Waals surface area contributed by atoms with Gasteiger partial charge in [0.2, 0.25) is 5.91 Å². The first-order valence-corrected chi connectivity index (χ1v) is 8.41. The molecule has 1 aromatic rings. The second-order valence-electron chi connectivity index (χ2n) is 5.26. The Balaban J connectivity index is 1.92. The van der Waals surface area contributed by atoms with Crippen LogP contribution in [-0.4, -0.2) is 39.1 Å². The Hall–Kier alpha value is -1.50. The number of thioether (sulfide) groups is 1. The zero-order chi connectivity index (χ0) is 15.2. The third-order valence-corrected chi connectivity index (χ3v) is 4.58. The first-order chi connectivity index (χ1) is 10.1. The van der Waals surface area contributed by atoms with Crippen LogP contribution in [0.2, 0.25) is 0 Å². The molecule has 0 saturated heterocycles. The Labute approximate surface area is 129 Å². The van der Waals surface area contributed by atoms with Crippen LogP contribution in [0.15, 0.2) is 11.2 Å². The standard InChI is InChI=1S/C14H23N5OS/c1-2-19(10-6-4-3-5-7-10)13(20)9-21-14-17-11(15)8-12(16)18-14/h8,10H,2-7,9H2,1H3,(H4,15,16,17,18). The highest BCUT2D eigenvalue weighted by molar-refractivity contribution is 7.99. The predicted octanol–water partition coefficient (Wildman–Crippen LogP) is 1.91. The molecule has 0 unspecified atom stereocenters. The molecule has 0 aromatic carbocycles. The van der Waals surface area contributed by atoms with Crippen LogP contribution in [0.3, 0.4) is 0 Å². The lowest BCUT2D eigenvalue weighted by molar-refractivity contribution is -0.131. The first kappa shape index (κ1) is 15.9. The summed E-state index contributed by atoms with van der Waals surface area (Å²) in [5, 5.41) is 0.459. The number of hydrogen-bond donors (Lipinski definition) is 2. The smallest absolute Gasteiger partial charge is 0.233 e. The van der Waals surface area contributed by atoms with Crippen molar-refractivity contribution in [2.24, 2.45) is 0 Å². The number of amides is 1. The topological polar surface area (TPSA) is 98.1 Å². The lowest BCUT2D eigenvalue weighted by Gasteiger charge is -2.33. The highest BCUT2D eigenvalue weighted by Gasteiger charge is 2.24. The molecule has 1 heterocycles. The van der Waals surface area contributed by atoms with Crippen molar-refractivity contribution < 1.29 is 4.79 Å². The normalized spacial score (nSPS) is 15.9. The molecule has 21 heavy (non-hydrogen) atoms. The van der Waals surface area contributed by atoms with Gasteiger partial charge in [0.25, 0.3) is 0 Å². The fourth-order valence-electron chi connectivity index (χ4n) is 2.77. The molecule has 1 aliphatic carbocycles. The molecule has 0 aliphatic heterocycles. The summed E-state index contributed by atoms with van der Waals surface area (Å²) in [6.45, 7) is 2.79. The lowest BCUT2D eigenvalue weighted by Crippen LogP contribution is -2.42. The largest absolute Gasteiger partial charge is 0.383 e. The molecular formula is C14H23N5OS. The van der Waals surface area contributed by atoms with Gasteiger partial charge in [0.1, 0.15) is 11.6 Å². The van der Waals surface area contributed by atoms with Crippen molar-refractivity contribution in [3.8, 4) is 0 Å². The predicted molar refractivity (Wildman–Crippen MR) is 85.8 cm³/mol. The van der Waals surface area contributed by atoms with Gasteiger partial charge >= 0.3 is 0 Å². The minimum absolute atomic E-state index is 0.138. The third-order valence-electron chi connectivity index (χ3n) is 3.75. The minimum Gasteiger partial charge on any atom is -0.383 e. The van der Waals surface area contributed by atoms with Gasteiger partial charge in [-0.15, -0.1) is 0 Å². The number of nitrogens with zero attached hydrogens (tertiary/aromatic N) is 3. The average Bonchev–Trinajstić information content (AvgIpc) is 2.46. The summed E-state index contributed by atoms with van der Waals surface area (Å²) >= 11 is 1.29. The van der Waals surface area contributed by atoms with Crippen molar-refractivity contribution >= 4 is 29.3 Å². The number of nitrogens with two attached hydrogens (primary N) is 2. The van der Waals surface area contributed by atoms with E-state index < -0.39 is 0 Å². The average molecular weight is 309 g/mol. The second-order valence-corrected chi connectivity index (χ2v) is 6.20. The van der Waals surface area contributed by atoms with Crippen LogP contribution < -0.4 is 11.5 Å². The molecule has 0 bridgehead atoms. The van der Waals surface area contributed by atoms with E-state index in [-0.39, 0.29) is 5.91 Å². The fourth-order valence-corrected chi connectivity index (χ4v) is 3.52. The molecule has 0 atom stereocenters. The van der Waals surface area contributed by atoms with Crippen LogP contribution in [0, 0.1) is 0 Å². The molecule has 1 fully saturated rings. The van der Waals surface area contributed by atoms with E-state index in [0.29, 0.717) is 28.6 Å². The summed E-state index contributed by atoms with van der Waals surface area (Å²) in [5.74, 6) is 1.13. The summed E-state index contributed by atoms with van der Waals surface area (Å²) in [4.78, 5) is 22.6. The van der Waals surface area contributed by atoms with E-state index in [1.807, 2.05) is 11.8 Å². The van der Waals surface area contributed by atoms with Gasteiger partial charge in [-0.3, -0.25) is 4.79 Å². The van der Waals surface area contributed by atoms with E-state index in [9.17, 15) is 4.79 Å². The zero-order valence-electron chi connectivity index (χ0n) is 12.4. The number of hydrogen-bond acceptors (Lipinski definition) is 6. The van der Waals surface area contributed by atoms with Crippen LogP contribution in [0.25, 0.3) is 0 Å². The van der Waals surface area contributed by atoms with Crippen molar-refractivity contribution in [2.45, 2.75) is 50.2 Å². The SMILES string of the molecule is CCN(C(=O)CSc1nc(N)cc(N)n1)C1CCCCC1. The number of carbonyl (C=O) groups excluding carboxylic acids is 1. The molecule has 1 saturated carbocycles. The van der Waals surface area contributed by atoms with Gasteiger partial charge in [-0.1, -0.05) is 31.0 Å². The molecular weight excluding hydrogens is 286 g/mol. The van der Waals surface area contributed by atoms with Gasteiger partial charge < -0.3 is 16.4 Å². The van der Waals surface area contributed by atoms with Crippen molar-refractivity contribution in [3.63, 3.8) is 0 Å². The van der Waals surface area contributed by atoms with E-state index in [4.69, 9.17) is 11.5 Å². The Bertz CT molecular complexity index is 470. The number of anilines is 2. The van der Waals surface area contributed by atoms with Gasteiger partial charge in [-0.25, -0.2) is 9.97 Å². The van der Waals surface area contributed by atoms with Gasteiger partial charge in [-0.2, -0.15) is 0 Å². The molecule has 0 spiro atoms. The molecule has 4 N–H and O–H groups in total. The Morgan fingerprint density at radius 1 is 1.29 bits per heavy atom. The molecule has 116 valence electrons. The minimum atomic E-state index is 0.138. The number of carbonyl (C=O) groups is 1. The maximum Gasteiger partial charge on any atom is 0.233 e. The van der Waals surface area contributed by atoms with E-state index in [2.05, 4.69) is 9.97 Å². The van der Waals surface area contributed by atoms with Crippen molar-refractivity contribution in [2.75, 3.05) is 23.8 Å². The molecule has 6 nitrogen and oxygen atoms in total. The molecule has 7 heteroatoms. The van der Waals surface area contributed by atoms with E-state index in [1.54, 1.807) is 0 Å². The second kappa shape index (κ2) is 7.49. The Morgan fingerprint density at radius 2 is 1.90 bits per heavy atom. The van der Waals surface area contributed by atoms with Gasteiger partial charge in [0.05, 0.1) is 5.75 Å².